The van der Waals surface area contributed by atoms with Crippen LogP contribution in [0.25, 0.3) is 0 Å². The Bertz CT molecular complexity index is 663. The molecule has 2 rings (SSSR count). The summed E-state index contributed by atoms with van der Waals surface area (Å²) in [6, 6.07) is 6.52. The maximum Gasteiger partial charge on any atom is 0.222 e. The predicted octanol–water partition coefficient (Wildman–Crippen LogP) is 2.67. The van der Waals surface area contributed by atoms with Gasteiger partial charge in [-0.1, -0.05) is 31.5 Å². The van der Waals surface area contributed by atoms with Crippen LogP contribution in [0.3, 0.4) is 0 Å². The molecule has 0 aliphatic heterocycles. The van der Waals surface area contributed by atoms with Crippen LogP contribution >= 0.6 is 0 Å². The topological polar surface area (TPSA) is 84.1 Å². The molecule has 0 amide bonds. The highest BCUT2D eigenvalue weighted by Gasteiger charge is 2.16. The molecule has 0 spiro atoms. The Morgan fingerprint density at radius 1 is 1.30 bits per heavy atom. The van der Waals surface area contributed by atoms with E-state index in [0.717, 1.165) is 18.4 Å². The molecule has 1 aromatic carbocycles. The number of benzene rings is 1. The lowest BCUT2D eigenvalue weighted by Crippen LogP contribution is -2.25. The Kier molecular flexibility index (Phi) is 5.87. The third kappa shape index (κ3) is 4.39. The maximum absolute atomic E-state index is 13.9. The first-order valence-electron chi connectivity index (χ1n) is 7.79. The molecule has 5 nitrogen and oxygen atoms in total. The van der Waals surface area contributed by atoms with Crippen molar-refractivity contribution in [3.8, 4) is 0 Å². The van der Waals surface area contributed by atoms with E-state index >= 15 is 0 Å². The van der Waals surface area contributed by atoms with Gasteiger partial charge in [0.1, 0.15) is 11.6 Å². The van der Waals surface area contributed by atoms with Crippen molar-refractivity contribution in [3.63, 3.8) is 0 Å². The van der Waals surface area contributed by atoms with E-state index in [0.29, 0.717) is 23.5 Å². The Labute approximate surface area is 135 Å². The van der Waals surface area contributed by atoms with Gasteiger partial charge in [-0.2, -0.15) is 4.98 Å². The summed E-state index contributed by atoms with van der Waals surface area (Å²) >= 11 is 0. The van der Waals surface area contributed by atoms with E-state index in [4.69, 9.17) is 5.73 Å². The molecule has 1 unspecified atom stereocenters. The van der Waals surface area contributed by atoms with Crippen molar-refractivity contribution in [2.45, 2.75) is 39.2 Å². The van der Waals surface area contributed by atoms with Gasteiger partial charge in [-0.05, 0) is 25.0 Å². The van der Waals surface area contributed by atoms with Crippen LogP contribution in [-0.4, -0.2) is 27.7 Å². The molecule has 2 aromatic rings. The van der Waals surface area contributed by atoms with Crippen LogP contribution in [0.2, 0.25) is 0 Å². The van der Waals surface area contributed by atoms with Crippen molar-refractivity contribution < 1.29 is 9.50 Å². The zero-order valence-electron chi connectivity index (χ0n) is 13.5. The number of aryl methyl sites for hydroxylation is 1. The summed E-state index contributed by atoms with van der Waals surface area (Å²) in [5.41, 5.74) is 7.81. The van der Waals surface area contributed by atoms with Crippen LogP contribution in [0, 0.1) is 12.7 Å². The van der Waals surface area contributed by atoms with Crippen LogP contribution in [-0.2, 0) is 6.42 Å². The monoisotopic (exact) mass is 318 g/mol. The second-order valence-electron chi connectivity index (χ2n) is 5.58. The number of hydrogen-bond acceptors (Lipinski definition) is 5. The lowest BCUT2D eigenvalue weighted by atomic mass is 10.0. The molecular formula is C17H23FN4O. The predicted molar refractivity (Wildman–Crippen MR) is 89.8 cm³/mol. The molecule has 4 N–H and O–H groups in total. The Morgan fingerprint density at radius 3 is 2.70 bits per heavy atom. The fraction of sp³-hybridized carbons (Fsp3) is 0.412. The van der Waals surface area contributed by atoms with Gasteiger partial charge in [0.15, 0.2) is 0 Å². The van der Waals surface area contributed by atoms with Crippen LogP contribution in [0.4, 0.5) is 16.2 Å². The minimum absolute atomic E-state index is 0.00403. The van der Waals surface area contributed by atoms with Gasteiger partial charge < -0.3 is 16.2 Å². The number of aliphatic hydroxyl groups excluding tert-OH is 1. The highest BCUT2D eigenvalue weighted by atomic mass is 19.1. The summed E-state index contributed by atoms with van der Waals surface area (Å²) in [6.07, 6.45) is 2.10. The van der Waals surface area contributed by atoms with Crippen molar-refractivity contribution in [2.75, 3.05) is 17.7 Å². The summed E-state index contributed by atoms with van der Waals surface area (Å²) in [5, 5.41) is 12.7. The van der Waals surface area contributed by atoms with E-state index in [9.17, 15) is 9.50 Å². The lowest BCUT2D eigenvalue weighted by molar-refractivity contribution is 0.268. The Morgan fingerprint density at radius 2 is 2.04 bits per heavy atom. The lowest BCUT2D eigenvalue weighted by Gasteiger charge is -2.20. The molecule has 23 heavy (non-hydrogen) atoms. The average molecular weight is 318 g/mol. The quantitative estimate of drug-likeness (QED) is 0.731. The van der Waals surface area contributed by atoms with Gasteiger partial charge >= 0.3 is 0 Å². The van der Waals surface area contributed by atoms with Crippen molar-refractivity contribution >= 4 is 11.8 Å². The molecule has 1 heterocycles. The number of anilines is 2. The van der Waals surface area contributed by atoms with Crippen LogP contribution in [0.15, 0.2) is 24.3 Å². The zero-order valence-corrected chi connectivity index (χ0v) is 13.5. The summed E-state index contributed by atoms with van der Waals surface area (Å²) in [4.78, 5) is 8.43. The molecule has 6 heteroatoms. The fourth-order valence-corrected chi connectivity index (χ4v) is 2.53. The minimum atomic E-state index is -0.262. The normalized spacial score (nSPS) is 12.2. The molecule has 0 fully saturated rings. The molecule has 0 bridgehead atoms. The number of hydrogen-bond donors (Lipinski definition) is 3. The van der Waals surface area contributed by atoms with E-state index in [1.54, 1.807) is 18.2 Å². The first-order chi connectivity index (χ1) is 11.0. The molecule has 0 saturated carbocycles. The third-order valence-electron chi connectivity index (χ3n) is 3.75. The van der Waals surface area contributed by atoms with E-state index in [2.05, 4.69) is 15.3 Å². The molecule has 0 aliphatic carbocycles. The fourth-order valence-electron chi connectivity index (χ4n) is 2.53. The van der Waals surface area contributed by atoms with Crippen molar-refractivity contribution in [2.24, 2.45) is 0 Å². The third-order valence-corrected chi connectivity index (χ3v) is 3.75. The number of nitrogens with one attached hydrogen (secondary N) is 1. The second-order valence-corrected chi connectivity index (χ2v) is 5.58. The van der Waals surface area contributed by atoms with Crippen molar-refractivity contribution in [1.29, 1.82) is 0 Å². The molecule has 1 aromatic heterocycles. The van der Waals surface area contributed by atoms with Gasteiger partial charge in [-0.15, -0.1) is 0 Å². The first-order valence-corrected chi connectivity index (χ1v) is 7.79. The van der Waals surface area contributed by atoms with Gasteiger partial charge in [-0.3, -0.25) is 0 Å². The standard InChI is InChI=1S/C17H23FN4O/c1-3-6-13(10-23)21-16-14(11(2)20-17(19)22-16)9-12-7-4-5-8-15(12)18/h4-5,7-8,13,23H,3,6,9-10H2,1-2H3,(H3,19,20,21,22). The van der Waals surface area contributed by atoms with Gasteiger partial charge in [0.2, 0.25) is 5.95 Å². The number of aliphatic hydroxyl groups is 1. The van der Waals surface area contributed by atoms with E-state index < -0.39 is 0 Å². The highest BCUT2D eigenvalue weighted by molar-refractivity contribution is 5.52. The van der Waals surface area contributed by atoms with E-state index in [1.165, 1.54) is 6.07 Å². The number of nitrogens with two attached hydrogens (primary N) is 1. The SMILES string of the molecule is CCCC(CO)Nc1nc(N)nc(C)c1Cc1ccccc1F. The van der Waals surface area contributed by atoms with Crippen molar-refractivity contribution in [1.82, 2.24) is 9.97 Å². The van der Waals surface area contributed by atoms with E-state index in [-0.39, 0.29) is 24.4 Å². The van der Waals surface area contributed by atoms with Crippen LogP contribution in [0.1, 0.15) is 36.6 Å². The highest BCUT2D eigenvalue weighted by Crippen LogP contribution is 2.23. The largest absolute Gasteiger partial charge is 0.394 e. The first kappa shape index (κ1) is 17.1. The summed E-state index contributed by atoms with van der Waals surface area (Å²) in [7, 11) is 0. The maximum atomic E-state index is 13.9. The minimum Gasteiger partial charge on any atom is -0.394 e. The molecule has 0 radical (unpaired) electrons. The van der Waals surface area contributed by atoms with Gasteiger partial charge in [0.25, 0.3) is 0 Å². The van der Waals surface area contributed by atoms with Crippen molar-refractivity contribution in [3.05, 3.63) is 46.9 Å². The molecule has 1 atom stereocenters. The number of rotatable bonds is 7. The van der Waals surface area contributed by atoms with Crippen LogP contribution in [0.5, 0.6) is 0 Å². The zero-order chi connectivity index (χ0) is 16.8. The Hall–Kier alpha value is -2.21. The Balaban J connectivity index is 2.36. The molecule has 0 aliphatic rings. The number of nitrogens with zero attached hydrogens (tertiary/aromatic N) is 2. The number of nitrogen functional groups attached to an aromatic ring is 1. The molecule has 124 valence electrons. The summed E-state index contributed by atoms with van der Waals surface area (Å²) in [6.45, 7) is 3.87. The summed E-state index contributed by atoms with van der Waals surface area (Å²) in [5.74, 6) is 0.461. The summed E-state index contributed by atoms with van der Waals surface area (Å²) < 4.78 is 13.9. The molecule has 0 saturated heterocycles. The number of aromatic nitrogens is 2. The smallest absolute Gasteiger partial charge is 0.222 e. The average Bonchev–Trinajstić information content (AvgIpc) is 2.51. The number of halogens is 1. The van der Waals surface area contributed by atoms with E-state index in [1.807, 2.05) is 13.8 Å². The molecular weight excluding hydrogens is 295 g/mol. The van der Waals surface area contributed by atoms with Gasteiger partial charge in [0.05, 0.1) is 12.6 Å². The van der Waals surface area contributed by atoms with Crippen LogP contribution < -0.4 is 11.1 Å². The second kappa shape index (κ2) is 7.87. The van der Waals surface area contributed by atoms with Gasteiger partial charge in [-0.25, -0.2) is 9.37 Å². The van der Waals surface area contributed by atoms with Gasteiger partial charge in [0, 0.05) is 17.7 Å².